The third-order valence-electron chi connectivity index (χ3n) is 3.42. The zero-order valence-corrected chi connectivity index (χ0v) is 12.2. The van der Waals surface area contributed by atoms with Crippen LogP contribution in [-0.2, 0) is 13.2 Å². The predicted octanol–water partition coefficient (Wildman–Crippen LogP) is 2.92. The zero-order valence-electron chi connectivity index (χ0n) is 12.2. The fourth-order valence-electron chi connectivity index (χ4n) is 2.38. The molecule has 5 heteroatoms. The largest absolute Gasteiger partial charge is 0.483 e. The summed E-state index contributed by atoms with van der Waals surface area (Å²) < 4.78 is 7.76. The third-order valence-corrected chi connectivity index (χ3v) is 3.42. The Labute approximate surface area is 123 Å². The van der Waals surface area contributed by atoms with E-state index in [1.54, 1.807) is 0 Å². The Morgan fingerprint density at radius 3 is 2.76 bits per heavy atom. The van der Waals surface area contributed by atoms with E-state index >= 15 is 0 Å². The predicted molar refractivity (Wildman–Crippen MR) is 83.1 cm³/mol. The molecule has 0 amide bonds. The summed E-state index contributed by atoms with van der Waals surface area (Å²) in [5.41, 5.74) is 8.77. The first-order valence-electron chi connectivity index (χ1n) is 6.99. The number of fused-ring (bicyclic) bond motifs is 1. The molecular weight excluding hydrogens is 264 g/mol. The van der Waals surface area contributed by atoms with Crippen LogP contribution >= 0.6 is 0 Å². The molecule has 0 saturated carbocycles. The summed E-state index contributed by atoms with van der Waals surface area (Å²) in [6.07, 6.45) is 0. The Morgan fingerprint density at radius 2 is 2.00 bits per heavy atom. The molecule has 0 unspecified atom stereocenters. The lowest BCUT2D eigenvalue weighted by molar-refractivity contribution is 0.301. The molecule has 1 aromatic carbocycles. The molecule has 3 rings (SSSR count). The maximum absolute atomic E-state index is 5.87. The molecule has 2 aromatic heterocycles. The second kappa shape index (κ2) is 5.44. The highest BCUT2D eigenvalue weighted by Gasteiger charge is 2.10. The maximum Gasteiger partial charge on any atom is 0.166 e. The van der Waals surface area contributed by atoms with Gasteiger partial charge in [-0.2, -0.15) is 5.10 Å². The monoisotopic (exact) mass is 282 g/mol. The van der Waals surface area contributed by atoms with Gasteiger partial charge in [0.2, 0.25) is 0 Å². The summed E-state index contributed by atoms with van der Waals surface area (Å²) in [5, 5.41) is 5.71. The second-order valence-electron chi connectivity index (χ2n) is 4.90. The number of benzene rings is 1. The lowest BCUT2D eigenvalue weighted by Crippen LogP contribution is -2.03. The van der Waals surface area contributed by atoms with E-state index in [1.165, 1.54) is 0 Å². The summed E-state index contributed by atoms with van der Waals surface area (Å²) in [7, 11) is 0. The third kappa shape index (κ3) is 2.54. The molecule has 0 fully saturated rings. The first-order chi connectivity index (χ1) is 10.2. The molecule has 0 atom stereocenters. The van der Waals surface area contributed by atoms with Crippen molar-refractivity contribution in [3.8, 4) is 5.75 Å². The number of rotatable bonds is 4. The van der Waals surface area contributed by atoms with Crippen molar-refractivity contribution >= 4 is 16.7 Å². The molecule has 108 valence electrons. The van der Waals surface area contributed by atoms with E-state index in [0.29, 0.717) is 18.2 Å². The van der Waals surface area contributed by atoms with Crippen molar-refractivity contribution in [3.05, 3.63) is 47.8 Å². The molecule has 2 N–H and O–H groups in total. The topological polar surface area (TPSA) is 66.0 Å². The zero-order chi connectivity index (χ0) is 14.8. The Balaban J connectivity index is 1.88. The van der Waals surface area contributed by atoms with E-state index in [2.05, 4.69) is 29.1 Å². The summed E-state index contributed by atoms with van der Waals surface area (Å²) in [5.74, 6) is 1.00. The molecule has 21 heavy (non-hydrogen) atoms. The molecule has 0 saturated heterocycles. The molecule has 0 bridgehead atoms. The van der Waals surface area contributed by atoms with Crippen LogP contribution in [0.1, 0.15) is 18.3 Å². The van der Waals surface area contributed by atoms with Gasteiger partial charge in [0.1, 0.15) is 12.3 Å². The average molecular weight is 282 g/mol. The van der Waals surface area contributed by atoms with Crippen LogP contribution in [-0.4, -0.2) is 14.8 Å². The van der Waals surface area contributed by atoms with Crippen molar-refractivity contribution in [1.29, 1.82) is 0 Å². The number of anilines is 1. The number of nitrogen functional groups attached to an aromatic ring is 1. The maximum atomic E-state index is 5.87. The van der Waals surface area contributed by atoms with Gasteiger partial charge in [-0.3, -0.25) is 4.68 Å². The Hall–Kier alpha value is -2.56. The number of hydrogen-bond donors (Lipinski definition) is 1. The highest BCUT2D eigenvalue weighted by molar-refractivity contribution is 5.81. The van der Waals surface area contributed by atoms with Crippen LogP contribution in [0.4, 0.5) is 5.82 Å². The quantitative estimate of drug-likeness (QED) is 0.799. The van der Waals surface area contributed by atoms with Crippen LogP contribution in [0, 0.1) is 6.92 Å². The summed E-state index contributed by atoms with van der Waals surface area (Å²) in [4.78, 5) is 4.20. The molecular formula is C16H18N4O. The fraction of sp³-hybridized carbons (Fsp3) is 0.250. The number of ether oxygens (including phenoxy) is 1. The van der Waals surface area contributed by atoms with Crippen LogP contribution in [0.15, 0.2) is 36.4 Å². The normalized spacial score (nSPS) is 11.0. The molecule has 0 aliphatic heterocycles. The van der Waals surface area contributed by atoms with Gasteiger partial charge < -0.3 is 10.5 Å². The number of nitrogens with two attached hydrogens (primary N) is 1. The van der Waals surface area contributed by atoms with E-state index < -0.39 is 0 Å². The van der Waals surface area contributed by atoms with Gasteiger partial charge in [0.25, 0.3) is 0 Å². The van der Waals surface area contributed by atoms with Gasteiger partial charge in [0.15, 0.2) is 11.6 Å². The fourth-order valence-corrected chi connectivity index (χ4v) is 2.38. The summed E-state index contributed by atoms with van der Waals surface area (Å²) in [6, 6.07) is 11.9. The van der Waals surface area contributed by atoms with Crippen molar-refractivity contribution < 1.29 is 4.74 Å². The van der Waals surface area contributed by atoms with Crippen LogP contribution in [0.25, 0.3) is 10.9 Å². The van der Waals surface area contributed by atoms with Gasteiger partial charge in [-0.25, -0.2) is 4.98 Å². The minimum atomic E-state index is 0.377. The Morgan fingerprint density at radius 1 is 1.19 bits per heavy atom. The first kappa shape index (κ1) is 13.4. The molecule has 5 nitrogen and oxygen atoms in total. The van der Waals surface area contributed by atoms with Crippen LogP contribution in [0.2, 0.25) is 0 Å². The SMILES string of the molecule is CCn1nc(COc2ccc(C)nc2N)c2ccccc21. The Bertz CT molecular complexity index is 779. The molecule has 0 aliphatic carbocycles. The number of aromatic nitrogens is 3. The van der Waals surface area contributed by atoms with E-state index in [0.717, 1.165) is 28.8 Å². The highest BCUT2D eigenvalue weighted by Crippen LogP contribution is 2.23. The first-order valence-corrected chi connectivity index (χ1v) is 6.99. The van der Waals surface area contributed by atoms with Crippen molar-refractivity contribution in [2.24, 2.45) is 0 Å². The summed E-state index contributed by atoms with van der Waals surface area (Å²) in [6.45, 7) is 5.18. The van der Waals surface area contributed by atoms with Crippen LogP contribution < -0.4 is 10.5 Å². The van der Waals surface area contributed by atoms with Crippen molar-refractivity contribution in [3.63, 3.8) is 0 Å². The van der Waals surface area contributed by atoms with E-state index in [9.17, 15) is 0 Å². The lowest BCUT2D eigenvalue weighted by atomic mass is 10.2. The molecule has 0 spiro atoms. The van der Waals surface area contributed by atoms with E-state index in [1.807, 2.05) is 35.9 Å². The van der Waals surface area contributed by atoms with Gasteiger partial charge in [-0.05, 0) is 32.0 Å². The molecule has 3 aromatic rings. The Kier molecular flexibility index (Phi) is 3.48. The molecule has 2 heterocycles. The van der Waals surface area contributed by atoms with Crippen molar-refractivity contribution in [2.75, 3.05) is 5.73 Å². The lowest BCUT2D eigenvalue weighted by Gasteiger charge is -2.07. The van der Waals surface area contributed by atoms with E-state index in [-0.39, 0.29) is 0 Å². The molecule has 0 radical (unpaired) electrons. The summed E-state index contributed by atoms with van der Waals surface area (Å²) >= 11 is 0. The molecule has 0 aliphatic rings. The van der Waals surface area contributed by atoms with Crippen molar-refractivity contribution in [2.45, 2.75) is 27.0 Å². The second-order valence-corrected chi connectivity index (χ2v) is 4.90. The van der Waals surface area contributed by atoms with Crippen LogP contribution in [0.5, 0.6) is 5.75 Å². The standard InChI is InChI=1S/C16H18N4O/c1-3-20-14-7-5-4-6-12(14)13(19-20)10-21-15-9-8-11(2)18-16(15)17/h4-9H,3,10H2,1-2H3,(H2,17,18). The van der Waals surface area contributed by atoms with Crippen LogP contribution in [0.3, 0.4) is 0 Å². The number of hydrogen-bond acceptors (Lipinski definition) is 4. The van der Waals surface area contributed by atoms with E-state index in [4.69, 9.17) is 10.5 Å². The highest BCUT2D eigenvalue weighted by atomic mass is 16.5. The minimum absolute atomic E-state index is 0.377. The van der Waals surface area contributed by atoms with Gasteiger partial charge in [0.05, 0.1) is 5.52 Å². The van der Waals surface area contributed by atoms with Gasteiger partial charge >= 0.3 is 0 Å². The van der Waals surface area contributed by atoms with Crippen molar-refractivity contribution in [1.82, 2.24) is 14.8 Å². The number of nitrogens with zero attached hydrogens (tertiary/aromatic N) is 3. The van der Waals surface area contributed by atoms with Gasteiger partial charge in [-0.15, -0.1) is 0 Å². The minimum Gasteiger partial charge on any atom is -0.483 e. The number of aryl methyl sites for hydroxylation is 2. The van der Waals surface area contributed by atoms with Gasteiger partial charge in [-0.1, -0.05) is 18.2 Å². The average Bonchev–Trinajstić information content (AvgIpc) is 2.85. The smallest absolute Gasteiger partial charge is 0.166 e. The number of pyridine rings is 1. The number of para-hydroxylation sites is 1. The van der Waals surface area contributed by atoms with Gasteiger partial charge in [0, 0.05) is 17.6 Å².